The molecule has 0 radical (unpaired) electrons. The summed E-state index contributed by atoms with van der Waals surface area (Å²) in [6, 6.07) is 0. The summed E-state index contributed by atoms with van der Waals surface area (Å²) >= 11 is 0.711. The zero-order chi connectivity index (χ0) is 32.6. The average molecular weight is 629 g/mol. The van der Waals surface area contributed by atoms with Crippen molar-refractivity contribution in [3.63, 3.8) is 0 Å². The lowest BCUT2D eigenvalue weighted by Gasteiger charge is -2.34. The molecule has 0 saturated carbocycles. The van der Waals surface area contributed by atoms with Crippen molar-refractivity contribution >= 4 is 23.6 Å². The van der Waals surface area contributed by atoms with Gasteiger partial charge in [-0.15, -0.1) is 0 Å². The van der Waals surface area contributed by atoms with Crippen LogP contribution in [0.3, 0.4) is 0 Å². The molecule has 6 atom stereocenters. The van der Waals surface area contributed by atoms with Crippen LogP contribution in [0.5, 0.6) is 0 Å². The summed E-state index contributed by atoms with van der Waals surface area (Å²) in [5.41, 5.74) is -2.92. The van der Waals surface area contributed by atoms with E-state index in [4.69, 9.17) is 0 Å². The maximum Gasteiger partial charge on any atom is 0.262 e. The molecular weight excluding hydrogens is 556 g/mol. The Morgan fingerprint density at radius 3 is 0.907 bits per heavy atom. The van der Waals surface area contributed by atoms with E-state index >= 15 is 0 Å². The number of unbranched alkanes of at least 4 members (excludes halogenated alkanes) is 4. The molecule has 2 N–H and O–H groups in total. The smallest absolute Gasteiger partial charge is 0.262 e. The number of hydrogen-bond acceptors (Lipinski definition) is 5. The van der Waals surface area contributed by atoms with Gasteiger partial charge < -0.3 is 20.0 Å². The van der Waals surface area contributed by atoms with Crippen molar-refractivity contribution in [1.82, 2.24) is 9.80 Å². The van der Waals surface area contributed by atoms with Crippen LogP contribution in [-0.2, 0) is 9.59 Å². The number of nitrogens with zero attached hydrogens (tertiary/aromatic N) is 2. The molecule has 0 saturated heterocycles. The van der Waals surface area contributed by atoms with Gasteiger partial charge >= 0.3 is 0 Å². The summed E-state index contributed by atoms with van der Waals surface area (Å²) < 4.78 is 0. The van der Waals surface area contributed by atoms with Gasteiger partial charge in [-0.3, -0.25) is 9.59 Å². The minimum Gasteiger partial charge on any atom is -0.373 e. The number of thioether (sulfide) groups is 1. The second-order valence-electron chi connectivity index (χ2n) is 13.0. The van der Waals surface area contributed by atoms with Crippen LogP contribution in [0, 0.1) is 23.7 Å². The molecule has 6 unspecified atom stereocenters. The Hall–Kier alpha value is -0.790. The minimum absolute atomic E-state index is 0.364. The fourth-order valence-electron chi connectivity index (χ4n) is 5.98. The number of amides is 2. The lowest BCUT2D eigenvalue weighted by Crippen LogP contribution is -2.46. The molecule has 2 amide bonds. The third-order valence-electron chi connectivity index (χ3n) is 9.39. The predicted octanol–water partition coefficient (Wildman–Crippen LogP) is 8.88. The Labute approximate surface area is 271 Å². The number of aliphatic hydroxyl groups excluding tert-OH is 2. The van der Waals surface area contributed by atoms with Crippen molar-refractivity contribution in [2.45, 2.75) is 169 Å². The maximum absolute atomic E-state index is 13.7. The molecule has 43 heavy (non-hydrogen) atoms. The SMILES string of the molecule is CCCCC(CC)CN(CC(CC)CCCC)C(=O)C(O)SC(O)C(=O)N(CC(CC)CCCC)CC(CC)CCCC. The molecule has 7 heteroatoms. The summed E-state index contributed by atoms with van der Waals surface area (Å²) in [7, 11) is 0. The third kappa shape index (κ3) is 18.1. The predicted molar refractivity (Wildman–Crippen MR) is 186 cm³/mol. The molecule has 0 aliphatic rings. The highest BCUT2D eigenvalue weighted by atomic mass is 32.2. The van der Waals surface area contributed by atoms with Gasteiger partial charge in [-0.05, 0) is 49.4 Å². The Morgan fingerprint density at radius 1 is 0.488 bits per heavy atom. The standard InChI is InChI=1S/C36H72N2O4S/c1-9-17-21-29(13-5)25-37(26-30(14-6)22-18-10-2)33(39)35(41)43-36(42)34(40)38(27-31(15-7)23-19-11-3)28-32(16-8)24-20-12-4/h29-32,35-36,41-42H,9-28H2,1-8H3. The van der Waals surface area contributed by atoms with E-state index in [-0.39, 0.29) is 11.8 Å². The van der Waals surface area contributed by atoms with Gasteiger partial charge in [-0.25, -0.2) is 0 Å². The second kappa shape index (κ2) is 26.4. The van der Waals surface area contributed by atoms with Crippen molar-refractivity contribution in [2.24, 2.45) is 23.7 Å². The average Bonchev–Trinajstić information content (AvgIpc) is 3.02. The zero-order valence-corrected chi connectivity index (χ0v) is 30.4. The lowest BCUT2D eigenvalue weighted by atomic mass is 9.95. The monoisotopic (exact) mass is 629 g/mol. The highest BCUT2D eigenvalue weighted by molar-refractivity contribution is 8.01. The van der Waals surface area contributed by atoms with Crippen LogP contribution in [0.4, 0.5) is 0 Å². The van der Waals surface area contributed by atoms with Gasteiger partial charge in [-0.1, -0.05) is 144 Å². The van der Waals surface area contributed by atoms with Crippen molar-refractivity contribution in [2.75, 3.05) is 26.2 Å². The van der Waals surface area contributed by atoms with Gasteiger partial charge in [0.1, 0.15) is 0 Å². The molecule has 0 aromatic heterocycles. The van der Waals surface area contributed by atoms with Gasteiger partial charge in [0.15, 0.2) is 10.9 Å². The normalized spacial score (nSPS) is 15.9. The van der Waals surface area contributed by atoms with Gasteiger partial charge in [0.05, 0.1) is 0 Å². The molecule has 0 bridgehead atoms. The van der Waals surface area contributed by atoms with Crippen molar-refractivity contribution in [3.05, 3.63) is 0 Å². The van der Waals surface area contributed by atoms with Gasteiger partial charge in [0.2, 0.25) is 0 Å². The van der Waals surface area contributed by atoms with Crippen molar-refractivity contribution in [3.8, 4) is 0 Å². The Balaban J connectivity index is 5.82. The molecule has 6 nitrogen and oxygen atoms in total. The number of carbonyl (C=O) groups excluding carboxylic acids is 2. The van der Waals surface area contributed by atoms with E-state index in [1.54, 1.807) is 0 Å². The zero-order valence-electron chi connectivity index (χ0n) is 29.6. The van der Waals surface area contributed by atoms with Crippen LogP contribution in [0.15, 0.2) is 0 Å². The minimum atomic E-state index is -1.46. The van der Waals surface area contributed by atoms with Crippen molar-refractivity contribution in [1.29, 1.82) is 0 Å². The molecule has 256 valence electrons. The number of aliphatic hydroxyl groups is 2. The summed E-state index contributed by atoms with van der Waals surface area (Å²) in [5.74, 6) is 0.809. The molecular formula is C36H72N2O4S. The van der Waals surface area contributed by atoms with Crippen LogP contribution in [0.25, 0.3) is 0 Å². The Kier molecular flexibility index (Phi) is 25.9. The van der Waals surface area contributed by atoms with E-state index in [9.17, 15) is 19.8 Å². The fourth-order valence-corrected chi connectivity index (χ4v) is 6.75. The number of rotatable bonds is 28. The van der Waals surface area contributed by atoms with Gasteiger partial charge in [-0.2, -0.15) is 0 Å². The van der Waals surface area contributed by atoms with Crippen molar-refractivity contribution < 1.29 is 19.8 Å². The van der Waals surface area contributed by atoms with E-state index in [1.807, 2.05) is 9.80 Å². The maximum atomic E-state index is 13.7. The lowest BCUT2D eigenvalue weighted by molar-refractivity contribution is -0.138. The van der Waals surface area contributed by atoms with Crippen LogP contribution in [0.1, 0.15) is 158 Å². The largest absolute Gasteiger partial charge is 0.373 e. The Morgan fingerprint density at radius 2 is 0.721 bits per heavy atom. The van der Waals surface area contributed by atoms with Crippen LogP contribution in [-0.4, -0.2) is 68.9 Å². The molecule has 0 aromatic carbocycles. The molecule has 0 aromatic rings. The first-order chi connectivity index (χ1) is 20.6. The van der Waals surface area contributed by atoms with E-state index in [1.165, 1.54) is 0 Å². The molecule has 0 rings (SSSR count). The quantitative estimate of drug-likeness (QED) is 0.0846. The van der Waals surface area contributed by atoms with Crippen LogP contribution in [0.2, 0.25) is 0 Å². The summed E-state index contributed by atoms with van der Waals surface area (Å²) in [6.45, 7) is 19.9. The molecule has 0 fully saturated rings. The molecule has 0 aliphatic heterocycles. The number of hydrogen-bond donors (Lipinski definition) is 2. The Bertz CT molecular complexity index is 602. The fraction of sp³-hybridized carbons (Fsp3) is 0.944. The van der Waals surface area contributed by atoms with Gasteiger partial charge in [0.25, 0.3) is 11.8 Å². The number of carbonyl (C=O) groups is 2. The highest BCUT2D eigenvalue weighted by Crippen LogP contribution is 2.26. The van der Waals surface area contributed by atoms with Crippen LogP contribution < -0.4 is 0 Å². The second-order valence-corrected chi connectivity index (χ2v) is 14.2. The third-order valence-corrected chi connectivity index (χ3v) is 10.3. The molecule has 0 heterocycles. The summed E-state index contributed by atoms with van der Waals surface area (Å²) in [5, 5.41) is 22.3. The van der Waals surface area contributed by atoms with E-state index in [0.717, 1.165) is 103 Å². The van der Waals surface area contributed by atoms with E-state index < -0.39 is 10.9 Å². The molecule has 0 spiro atoms. The first-order valence-electron chi connectivity index (χ1n) is 18.2. The molecule has 0 aliphatic carbocycles. The van der Waals surface area contributed by atoms with E-state index in [0.29, 0.717) is 61.6 Å². The van der Waals surface area contributed by atoms with E-state index in [2.05, 4.69) is 55.4 Å². The van der Waals surface area contributed by atoms with Gasteiger partial charge in [0, 0.05) is 26.2 Å². The van der Waals surface area contributed by atoms with Crippen LogP contribution >= 0.6 is 11.8 Å². The first-order valence-corrected chi connectivity index (χ1v) is 19.2. The topological polar surface area (TPSA) is 81.1 Å². The first kappa shape index (κ1) is 42.2. The highest BCUT2D eigenvalue weighted by Gasteiger charge is 2.33. The summed E-state index contributed by atoms with van der Waals surface area (Å²) in [6.07, 6.45) is 17.2. The summed E-state index contributed by atoms with van der Waals surface area (Å²) in [4.78, 5) is 31.1.